The van der Waals surface area contributed by atoms with Crippen LogP contribution in [0.4, 0.5) is 8.78 Å². The molecule has 0 spiro atoms. The number of aldehydes is 1. The van der Waals surface area contributed by atoms with Crippen LogP contribution in [0.3, 0.4) is 0 Å². The third-order valence-corrected chi connectivity index (χ3v) is 2.45. The van der Waals surface area contributed by atoms with Gasteiger partial charge >= 0.3 is 0 Å². The van der Waals surface area contributed by atoms with Crippen LogP contribution >= 0.6 is 15.9 Å². The average Bonchev–Trinajstić information content (AvgIpc) is 2.64. The van der Waals surface area contributed by atoms with Crippen molar-refractivity contribution in [1.29, 1.82) is 0 Å². The Morgan fingerprint density at radius 1 is 1.19 bits per heavy atom. The molecule has 2 nitrogen and oxygen atoms in total. The number of furan rings is 1. The molecule has 0 aliphatic rings. The molecule has 5 heteroatoms. The van der Waals surface area contributed by atoms with E-state index < -0.39 is 11.6 Å². The van der Waals surface area contributed by atoms with Gasteiger partial charge in [0.2, 0.25) is 0 Å². The number of carbonyl (C=O) groups excluding carboxylic acids is 1. The number of carbonyl (C=O) groups is 1. The van der Waals surface area contributed by atoms with Gasteiger partial charge in [0.05, 0.1) is 5.56 Å². The van der Waals surface area contributed by atoms with Crippen molar-refractivity contribution in [3.05, 3.63) is 46.1 Å². The molecule has 82 valence electrons. The maximum Gasteiger partial charge on any atom is 0.185 e. The van der Waals surface area contributed by atoms with E-state index in [1.165, 1.54) is 12.1 Å². The second-order valence-corrected chi connectivity index (χ2v) is 3.98. The minimum atomic E-state index is -0.751. The Morgan fingerprint density at radius 3 is 2.31 bits per heavy atom. The van der Waals surface area contributed by atoms with Crippen LogP contribution in [0.1, 0.15) is 10.6 Å². The number of benzene rings is 1. The van der Waals surface area contributed by atoms with E-state index in [9.17, 15) is 13.6 Å². The summed E-state index contributed by atoms with van der Waals surface area (Å²) in [7, 11) is 0. The summed E-state index contributed by atoms with van der Waals surface area (Å²) in [6.45, 7) is 0. The third kappa shape index (κ3) is 1.90. The second kappa shape index (κ2) is 4.17. The molecule has 0 bridgehead atoms. The van der Waals surface area contributed by atoms with Crippen molar-refractivity contribution in [2.75, 3.05) is 0 Å². The summed E-state index contributed by atoms with van der Waals surface area (Å²) in [5.74, 6) is -1.49. The molecule has 0 fully saturated rings. The van der Waals surface area contributed by atoms with E-state index in [2.05, 4.69) is 15.9 Å². The zero-order valence-corrected chi connectivity index (χ0v) is 9.42. The van der Waals surface area contributed by atoms with Gasteiger partial charge in [-0.1, -0.05) is 15.9 Å². The molecule has 1 heterocycles. The van der Waals surface area contributed by atoms with Crippen LogP contribution in [0.5, 0.6) is 0 Å². The van der Waals surface area contributed by atoms with Crippen LogP contribution < -0.4 is 0 Å². The molecule has 16 heavy (non-hydrogen) atoms. The largest absolute Gasteiger partial charge is 0.453 e. The SMILES string of the molecule is O=Cc1ccc(-c2c(F)cc(Br)cc2F)o1. The Kier molecular flexibility index (Phi) is 2.87. The number of rotatable bonds is 2. The van der Waals surface area contributed by atoms with Crippen LogP contribution in [-0.2, 0) is 0 Å². The van der Waals surface area contributed by atoms with Crippen LogP contribution in [0.2, 0.25) is 0 Å². The molecule has 1 aromatic heterocycles. The fraction of sp³-hybridized carbons (Fsp3) is 0. The summed E-state index contributed by atoms with van der Waals surface area (Å²) in [5.41, 5.74) is -0.281. The lowest BCUT2D eigenvalue weighted by Gasteiger charge is -2.02. The first-order chi connectivity index (χ1) is 7.61. The zero-order valence-electron chi connectivity index (χ0n) is 7.84. The van der Waals surface area contributed by atoms with E-state index in [1.54, 1.807) is 0 Å². The molecular formula is C11H5BrF2O2. The average molecular weight is 287 g/mol. The molecule has 2 rings (SSSR count). The van der Waals surface area contributed by atoms with Gasteiger partial charge < -0.3 is 4.42 Å². The first kappa shape index (κ1) is 11.0. The van der Waals surface area contributed by atoms with Crippen LogP contribution in [-0.4, -0.2) is 6.29 Å². The summed E-state index contributed by atoms with van der Waals surface area (Å²) >= 11 is 2.97. The molecule has 0 saturated carbocycles. The summed E-state index contributed by atoms with van der Waals surface area (Å²) in [6, 6.07) is 4.95. The maximum absolute atomic E-state index is 13.5. The number of hydrogen-bond donors (Lipinski definition) is 0. The monoisotopic (exact) mass is 286 g/mol. The van der Waals surface area contributed by atoms with Crippen molar-refractivity contribution in [1.82, 2.24) is 0 Å². The third-order valence-electron chi connectivity index (χ3n) is 2.00. The molecule has 0 aliphatic carbocycles. The van der Waals surface area contributed by atoms with Crippen molar-refractivity contribution < 1.29 is 18.0 Å². The second-order valence-electron chi connectivity index (χ2n) is 3.06. The lowest BCUT2D eigenvalue weighted by atomic mass is 10.1. The Bertz CT molecular complexity index is 526. The molecule has 0 amide bonds. The van der Waals surface area contributed by atoms with Crippen molar-refractivity contribution >= 4 is 22.2 Å². The van der Waals surface area contributed by atoms with Gasteiger partial charge in [0.15, 0.2) is 12.0 Å². The van der Waals surface area contributed by atoms with E-state index >= 15 is 0 Å². The first-order valence-corrected chi connectivity index (χ1v) is 5.11. The minimum Gasteiger partial charge on any atom is -0.453 e. The quantitative estimate of drug-likeness (QED) is 0.786. The lowest BCUT2D eigenvalue weighted by molar-refractivity contribution is 0.110. The minimum absolute atomic E-state index is 0.00963. The molecule has 0 atom stereocenters. The van der Waals surface area contributed by atoms with Crippen LogP contribution in [0, 0.1) is 11.6 Å². The predicted octanol–water partition coefficient (Wildman–Crippen LogP) is 3.80. The molecule has 0 unspecified atom stereocenters. The van der Waals surface area contributed by atoms with Crippen LogP contribution in [0.25, 0.3) is 11.3 Å². The van der Waals surface area contributed by atoms with E-state index in [1.807, 2.05) is 0 Å². The van der Waals surface area contributed by atoms with E-state index in [0.717, 1.165) is 12.1 Å². The fourth-order valence-corrected chi connectivity index (χ4v) is 1.73. The van der Waals surface area contributed by atoms with Crippen molar-refractivity contribution in [2.45, 2.75) is 0 Å². The molecule has 1 aromatic carbocycles. The standard InChI is InChI=1S/C11H5BrF2O2/c12-6-3-8(13)11(9(14)4-6)10-2-1-7(5-15)16-10/h1-5H. The van der Waals surface area contributed by atoms with Gasteiger partial charge in [-0.05, 0) is 24.3 Å². The number of hydrogen-bond acceptors (Lipinski definition) is 2. The summed E-state index contributed by atoms with van der Waals surface area (Å²) in [5, 5.41) is 0. The van der Waals surface area contributed by atoms with E-state index in [-0.39, 0.29) is 17.1 Å². The molecular weight excluding hydrogens is 282 g/mol. The smallest absolute Gasteiger partial charge is 0.185 e. The highest BCUT2D eigenvalue weighted by Gasteiger charge is 2.16. The number of halogens is 3. The zero-order chi connectivity index (χ0) is 11.7. The lowest BCUT2D eigenvalue weighted by Crippen LogP contribution is -1.88. The molecule has 0 N–H and O–H groups in total. The Labute approximate surface area is 98.0 Å². The Balaban J connectivity index is 2.59. The molecule has 0 radical (unpaired) electrons. The molecule has 0 saturated heterocycles. The summed E-state index contributed by atoms with van der Waals surface area (Å²) in [6.07, 6.45) is 0.470. The Morgan fingerprint density at radius 2 is 1.81 bits per heavy atom. The van der Waals surface area contributed by atoms with Gasteiger partial charge in [0, 0.05) is 4.47 Å². The highest BCUT2D eigenvalue weighted by Crippen LogP contribution is 2.29. The van der Waals surface area contributed by atoms with Crippen molar-refractivity contribution in [2.24, 2.45) is 0 Å². The van der Waals surface area contributed by atoms with Gasteiger partial charge in [-0.3, -0.25) is 4.79 Å². The predicted molar refractivity (Wildman–Crippen MR) is 57.1 cm³/mol. The normalized spacial score (nSPS) is 10.4. The van der Waals surface area contributed by atoms with Crippen molar-refractivity contribution in [3.63, 3.8) is 0 Å². The topological polar surface area (TPSA) is 30.2 Å². The Hall–Kier alpha value is -1.49. The van der Waals surface area contributed by atoms with Gasteiger partial charge in [0.1, 0.15) is 17.4 Å². The summed E-state index contributed by atoms with van der Waals surface area (Å²) < 4.78 is 32.2. The van der Waals surface area contributed by atoms with Crippen LogP contribution in [0.15, 0.2) is 33.2 Å². The van der Waals surface area contributed by atoms with Gasteiger partial charge in [0.25, 0.3) is 0 Å². The first-order valence-electron chi connectivity index (χ1n) is 4.31. The van der Waals surface area contributed by atoms with Gasteiger partial charge in [-0.2, -0.15) is 0 Å². The van der Waals surface area contributed by atoms with E-state index in [0.29, 0.717) is 10.8 Å². The fourth-order valence-electron chi connectivity index (χ4n) is 1.33. The van der Waals surface area contributed by atoms with Crippen molar-refractivity contribution in [3.8, 4) is 11.3 Å². The molecule has 0 aliphatic heterocycles. The summed E-state index contributed by atoms with van der Waals surface area (Å²) in [4.78, 5) is 10.4. The highest BCUT2D eigenvalue weighted by atomic mass is 79.9. The van der Waals surface area contributed by atoms with Gasteiger partial charge in [-0.15, -0.1) is 0 Å². The highest BCUT2D eigenvalue weighted by molar-refractivity contribution is 9.10. The maximum atomic E-state index is 13.5. The van der Waals surface area contributed by atoms with E-state index in [4.69, 9.17) is 4.42 Å². The molecule has 2 aromatic rings. The van der Waals surface area contributed by atoms with Gasteiger partial charge in [-0.25, -0.2) is 8.78 Å².